The average Bonchev–Trinajstić information content (AvgIpc) is 3.39. The Morgan fingerprint density at radius 3 is 2.96 bits per heavy atom. The average molecular weight is 489 g/mol. The molecule has 1 aliphatic heterocycles. The minimum Gasteiger partial charge on any atom is -0.469 e. The maximum Gasteiger partial charge on any atom is 0.191 e. The molecule has 3 atom stereocenters. The summed E-state index contributed by atoms with van der Waals surface area (Å²) in [6, 6.07) is 4.42. The van der Waals surface area contributed by atoms with Gasteiger partial charge < -0.3 is 24.5 Å². The summed E-state index contributed by atoms with van der Waals surface area (Å²) < 4.78 is 16.7. The van der Waals surface area contributed by atoms with Gasteiger partial charge in [0.05, 0.1) is 25.5 Å². The third-order valence-corrected chi connectivity index (χ3v) is 6.39. The van der Waals surface area contributed by atoms with Gasteiger partial charge in [0, 0.05) is 44.1 Å². The number of ether oxygens (including phenoxy) is 2. The highest BCUT2D eigenvalue weighted by Gasteiger charge is 2.65. The SMILES string of the molecule is COCCN=C(NCCc1ccco1)NC1C2CCOC2C12CCCC2.I. The highest BCUT2D eigenvalue weighted by molar-refractivity contribution is 14.0. The summed E-state index contributed by atoms with van der Waals surface area (Å²) in [5.74, 6) is 2.52. The van der Waals surface area contributed by atoms with Crippen molar-refractivity contribution in [2.75, 3.05) is 33.4 Å². The molecule has 0 amide bonds. The topological polar surface area (TPSA) is 68.0 Å². The Bertz CT molecular complexity index is 602. The van der Waals surface area contributed by atoms with Gasteiger partial charge in [0.1, 0.15) is 5.76 Å². The Kier molecular flexibility index (Phi) is 7.44. The van der Waals surface area contributed by atoms with E-state index in [1.807, 2.05) is 12.1 Å². The predicted molar refractivity (Wildman–Crippen MR) is 116 cm³/mol. The van der Waals surface area contributed by atoms with Crippen molar-refractivity contribution in [3.05, 3.63) is 24.2 Å². The van der Waals surface area contributed by atoms with Crippen molar-refractivity contribution in [2.24, 2.45) is 16.3 Å². The fraction of sp³-hybridized carbons (Fsp3) is 0.750. The van der Waals surface area contributed by atoms with Gasteiger partial charge in [-0.1, -0.05) is 12.8 Å². The summed E-state index contributed by atoms with van der Waals surface area (Å²) in [7, 11) is 1.72. The second-order valence-electron chi connectivity index (χ2n) is 7.79. The van der Waals surface area contributed by atoms with Crippen LogP contribution in [0.2, 0.25) is 0 Å². The lowest BCUT2D eigenvalue weighted by Gasteiger charge is -2.57. The fourth-order valence-electron chi connectivity index (χ4n) is 5.21. The second-order valence-corrected chi connectivity index (χ2v) is 7.79. The second kappa shape index (κ2) is 9.60. The number of hydrogen-bond acceptors (Lipinski definition) is 4. The first-order valence-electron chi connectivity index (χ1n) is 10.0. The smallest absolute Gasteiger partial charge is 0.191 e. The summed E-state index contributed by atoms with van der Waals surface area (Å²) >= 11 is 0. The first-order chi connectivity index (χ1) is 12.8. The van der Waals surface area contributed by atoms with E-state index in [0.717, 1.165) is 31.3 Å². The quantitative estimate of drug-likeness (QED) is 0.267. The van der Waals surface area contributed by atoms with Gasteiger partial charge in [-0.25, -0.2) is 0 Å². The normalized spacial score (nSPS) is 28.5. The number of halogens is 1. The molecule has 1 aromatic rings. The van der Waals surface area contributed by atoms with E-state index in [4.69, 9.17) is 18.9 Å². The minimum atomic E-state index is 0. The maximum absolute atomic E-state index is 6.10. The van der Waals surface area contributed by atoms with Crippen LogP contribution in [0.4, 0.5) is 0 Å². The van der Waals surface area contributed by atoms with E-state index < -0.39 is 0 Å². The van der Waals surface area contributed by atoms with Crippen LogP contribution in [-0.4, -0.2) is 51.5 Å². The van der Waals surface area contributed by atoms with Crippen LogP contribution < -0.4 is 10.6 Å². The molecule has 2 N–H and O–H groups in total. The molecule has 3 fully saturated rings. The number of guanidine groups is 1. The maximum atomic E-state index is 6.10. The molecule has 7 heteroatoms. The summed E-state index contributed by atoms with van der Waals surface area (Å²) in [5, 5.41) is 7.25. The van der Waals surface area contributed by atoms with Crippen molar-refractivity contribution in [1.29, 1.82) is 0 Å². The fourth-order valence-corrected chi connectivity index (χ4v) is 5.21. The van der Waals surface area contributed by atoms with Gasteiger partial charge in [-0.05, 0) is 31.4 Å². The molecule has 0 bridgehead atoms. The Labute approximate surface area is 178 Å². The van der Waals surface area contributed by atoms with Gasteiger partial charge in [-0.15, -0.1) is 24.0 Å². The molecule has 0 aromatic carbocycles. The van der Waals surface area contributed by atoms with Crippen molar-refractivity contribution in [2.45, 2.75) is 50.7 Å². The number of furan rings is 1. The summed E-state index contributed by atoms with van der Waals surface area (Å²) in [4.78, 5) is 4.72. The Balaban J connectivity index is 0.00000210. The number of nitrogens with one attached hydrogen (secondary N) is 2. The van der Waals surface area contributed by atoms with Crippen LogP contribution >= 0.6 is 24.0 Å². The number of fused-ring (bicyclic) bond motifs is 2. The van der Waals surface area contributed by atoms with Crippen molar-refractivity contribution in [3.8, 4) is 0 Å². The molecule has 3 aliphatic rings. The van der Waals surface area contributed by atoms with Gasteiger partial charge >= 0.3 is 0 Å². The molecule has 2 aliphatic carbocycles. The monoisotopic (exact) mass is 489 g/mol. The highest BCUT2D eigenvalue weighted by atomic mass is 127. The van der Waals surface area contributed by atoms with Crippen LogP contribution in [0.3, 0.4) is 0 Å². The van der Waals surface area contributed by atoms with Crippen molar-refractivity contribution >= 4 is 29.9 Å². The molecule has 1 aromatic heterocycles. The van der Waals surface area contributed by atoms with E-state index in [-0.39, 0.29) is 24.0 Å². The van der Waals surface area contributed by atoms with E-state index in [9.17, 15) is 0 Å². The van der Waals surface area contributed by atoms with Crippen molar-refractivity contribution < 1.29 is 13.9 Å². The van der Waals surface area contributed by atoms with Crippen LogP contribution in [0, 0.1) is 11.3 Å². The van der Waals surface area contributed by atoms with E-state index in [0.29, 0.717) is 36.6 Å². The summed E-state index contributed by atoms with van der Waals surface area (Å²) in [6.07, 6.45) is 9.42. The number of methoxy groups -OCH3 is 1. The zero-order valence-corrected chi connectivity index (χ0v) is 18.4. The number of hydrogen-bond donors (Lipinski definition) is 2. The standard InChI is InChI=1S/C20H31N3O3.HI/c1-24-14-11-22-19(21-10-6-15-5-4-12-25-15)23-17-16-7-13-26-18(16)20(17)8-2-3-9-20;/h4-5,12,16-18H,2-3,6-11,13-14H2,1H3,(H2,21,22,23);1H. The zero-order chi connectivity index (χ0) is 17.8. The third-order valence-electron chi connectivity index (χ3n) is 6.39. The van der Waals surface area contributed by atoms with Gasteiger partial charge in [-0.2, -0.15) is 0 Å². The van der Waals surface area contributed by atoms with E-state index in [1.165, 1.54) is 32.1 Å². The van der Waals surface area contributed by atoms with E-state index >= 15 is 0 Å². The van der Waals surface area contributed by atoms with Crippen LogP contribution in [0.1, 0.15) is 37.9 Å². The van der Waals surface area contributed by atoms with E-state index in [1.54, 1.807) is 13.4 Å². The van der Waals surface area contributed by atoms with Crippen LogP contribution in [0.5, 0.6) is 0 Å². The van der Waals surface area contributed by atoms with Gasteiger partial charge in [0.2, 0.25) is 0 Å². The number of nitrogens with zero attached hydrogens (tertiary/aromatic N) is 1. The number of aliphatic imine (C=N–C) groups is 1. The lowest BCUT2D eigenvalue weighted by atomic mass is 9.54. The van der Waals surface area contributed by atoms with Crippen molar-refractivity contribution in [1.82, 2.24) is 10.6 Å². The molecular formula is C20H32IN3O3. The predicted octanol–water partition coefficient (Wildman–Crippen LogP) is 2.97. The molecule has 6 nitrogen and oxygen atoms in total. The lowest BCUT2D eigenvalue weighted by molar-refractivity contribution is -0.125. The molecule has 152 valence electrons. The molecule has 0 radical (unpaired) electrons. The Morgan fingerprint density at radius 1 is 1.37 bits per heavy atom. The van der Waals surface area contributed by atoms with Crippen LogP contribution in [-0.2, 0) is 15.9 Å². The van der Waals surface area contributed by atoms with E-state index in [2.05, 4.69) is 10.6 Å². The molecule has 4 rings (SSSR count). The van der Waals surface area contributed by atoms with Crippen molar-refractivity contribution in [3.63, 3.8) is 0 Å². The molecule has 1 spiro atoms. The molecule has 27 heavy (non-hydrogen) atoms. The first kappa shape index (κ1) is 20.9. The first-order valence-corrected chi connectivity index (χ1v) is 10.0. The summed E-state index contributed by atoms with van der Waals surface area (Å²) in [5.41, 5.74) is 0.325. The van der Waals surface area contributed by atoms with Crippen LogP contribution in [0.15, 0.2) is 27.8 Å². The summed E-state index contributed by atoms with van der Waals surface area (Å²) in [6.45, 7) is 3.01. The van der Waals surface area contributed by atoms with Gasteiger partial charge in [0.25, 0.3) is 0 Å². The Morgan fingerprint density at radius 2 is 2.22 bits per heavy atom. The molecule has 2 saturated carbocycles. The highest BCUT2D eigenvalue weighted by Crippen LogP contribution is 2.60. The third kappa shape index (κ3) is 4.29. The molecular weight excluding hydrogens is 457 g/mol. The molecule has 2 heterocycles. The zero-order valence-electron chi connectivity index (χ0n) is 16.1. The van der Waals surface area contributed by atoms with Gasteiger partial charge in [-0.3, -0.25) is 4.99 Å². The minimum absolute atomic E-state index is 0. The lowest BCUT2D eigenvalue weighted by Crippen LogP contribution is -2.69. The van der Waals surface area contributed by atoms with Gasteiger partial charge in [0.15, 0.2) is 5.96 Å². The Hall–Kier alpha value is -0.800. The largest absolute Gasteiger partial charge is 0.469 e. The van der Waals surface area contributed by atoms with Crippen LogP contribution in [0.25, 0.3) is 0 Å². The molecule has 1 saturated heterocycles. The molecule has 3 unspecified atom stereocenters. The number of rotatable bonds is 7.